The molecule has 108 valence electrons. The Morgan fingerprint density at radius 1 is 0.955 bits per heavy atom. The third-order valence-corrected chi connectivity index (χ3v) is 4.41. The van der Waals surface area contributed by atoms with Crippen LogP contribution in [0, 0.1) is 0 Å². The third kappa shape index (κ3) is 2.03. The molecule has 0 aliphatic carbocycles. The van der Waals surface area contributed by atoms with Crippen molar-refractivity contribution in [3.05, 3.63) is 77.5 Å². The van der Waals surface area contributed by atoms with E-state index in [0.29, 0.717) is 0 Å². The molecule has 0 N–H and O–H groups in total. The van der Waals surface area contributed by atoms with Crippen molar-refractivity contribution in [2.75, 3.05) is 6.54 Å². The summed E-state index contributed by atoms with van der Waals surface area (Å²) in [6, 6.07) is 19.0. The summed E-state index contributed by atoms with van der Waals surface area (Å²) in [5.41, 5.74) is 5.87. The van der Waals surface area contributed by atoms with Gasteiger partial charge in [0, 0.05) is 34.7 Å². The molecule has 0 unspecified atom stereocenters. The van der Waals surface area contributed by atoms with Gasteiger partial charge in [0.2, 0.25) is 0 Å². The van der Waals surface area contributed by atoms with Crippen LogP contribution in [0.15, 0.2) is 65.8 Å². The summed E-state index contributed by atoms with van der Waals surface area (Å²) in [5, 5.41) is 1.16. The zero-order valence-electron chi connectivity index (χ0n) is 12.9. The van der Waals surface area contributed by atoms with Crippen LogP contribution in [-0.2, 0) is 5.41 Å². The predicted octanol–water partition coefficient (Wildman–Crippen LogP) is 4.36. The van der Waals surface area contributed by atoms with Gasteiger partial charge in [-0.1, -0.05) is 56.3 Å². The van der Waals surface area contributed by atoms with Gasteiger partial charge < -0.3 is 0 Å². The molecule has 0 spiro atoms. The maximum Gasteiger partial charge on any atom is 0.0737 e. The van der Waals surface area contributed by atoms with Crippen LogP contribution in [0.25, 0.3) is 10.9 Å². The van der Waals surface area contributed by atoms with E-state index >= 15 is 0 Å². The summed E-state index contributed by atoms with van der Waals surface area (Å²) in [6.45, 7) is 5.32. The summed E-state index contributed by atoms with van der Waals surface area (Å²) < 4.78 is 0. The molecule has 1 aliphatic rings. The molecule has 0 amide bonds. The number of para-hydroxylation sites is 1. The Morgan fingerprint density at radius 2 is 1.73 bits per heavy atom. The average molecular weight is 286 g/mol. The molecule has 2 heterocycles. The van der Waals surface area contributed by atoms with Crippen LogP contribution in [0.1, 0.15) is 30.5 Å². The predicted molar refractivity (Wildman–Crippen MR) is 91.7 cm³/mol. The summed E-state index contributed by atoms with van der Waals surface area (Å²) in [5.74, 6) is 0. The molecule has 0 saturated heterocycles. The van der Waals surface area contributed by atoms with E-state index in [9.17, 15) is 0 Å². The van der Waals surface area contributed by atoms with Crippen molar-refractivity contribution in [3.8, 4) is 0 Å². The van der Waals surface area contributed by atoms with E-state index < -0.39 is 0 Å². The molecular weight excluding hydrogens is 268 g/mol. The SMILES string of the molecule is CC1(C)CN=C(c2cnc3ccccc3c2)c2ccccc21. The van der Waals surface area contributed by atoms with Crippen molar-refractivity contribution >= 4 is 16.6 Å². The number of fused-ring (bicyclic) bond motifs is 2. The number of nitrogens with zero attached hydrogens (tertiary/aromatic N) is 2. The van der Waals surface area contributed by atoms with E-state index in [-0.39, 0.29) is 5.41 Å². The highest BCUT2D eigenvalue weighted by molar-refractivity contribution is 6.15. The number of aromatic nitrogens is 1. The first-order valence-electron chi connectivity index (χ1n) is 7.65. The van der Waals surface area contributed by atoms with Gasteiger partial charge in [-0.3, -0.25) is 9.98 Å². The van der Waals surface area contributed by atoms with Crippen LogP contribution < -0.4 is 0 Å². The molecule has 2 heteroatoms. The lowest BCUT2D eigenvalue weighted by atomic mass is 9.77. The van der Waals surface area contributed by atoms with E-state index in [0.717, 1.165) is 28.7 Å². The first-order valence-corrected chi connectivity index (χ1v) is 7.65. The zero-order valence-corrected chi connectivity index (χ0v) is 12.9. The summed E-state index contributed by atoms with van der Waals surface area (Å²) >= 11 is 0. The van der Waals surface area contributed by atoms with Crippen molar-refractivity contribution in [3.63, 3.8) is 0 Å². The first kappa shape index (κ1) is 13.2. The number of hydrogen-bond donors (Lipinski definition) is 0. The molecule has 2 aromatic carbocycles. The van der Waals surface area contributed by atoms with E-state index in [2.05, 4.69) is 55.2 Å². The maximum absolute atomic E-state index is 4.88. The molecule has 2 nitrogen and oxygen atoms in total. The quantitative estimate of drug-likeness (QED) is 0.652. The van der Waals surface area contributed by atoms with Crippen molar-refractivity contribution < 1.29 is 0 Å². The van der Waals surface area contributed by atoms with Crippen LogP contribution in [0.3, 0.4) is 0 Å². The molecule has 1 aromatic heterocycles. The van der Waals surface area contributed by atoms with Gasteiger partial charge in [0.1, 0.15) is 0 Å². The van der Waals surface area contributed by atoms with Crippen molar-refractivity contribution in [2.24, 2.45) is 4.99 Å². The van der Waals surface area contributed by atoms with E-state index in [1.54, 1.807) is 0 Å². The van der Waals surface area contributed by atoms with Gasteiger partial charge >= 0.3 is 0 Å². The average Bonchev–Trinajstić information content (AvgIpc) is 2.55. The van der Waals surface area contributed by atoms with Gasteiger partial charge in [-0.25, -0.2) is 0 Å². The van der Waals surface area contributed by atoms with Crippen LogP contribution in [0.2, 0.25) is 0 Å². The molecule has 0 bridgehead atoms. The molecule has 0 fully saturated rings. The topological polar surface area (TPSA) is 25.2 Å². The standard InChI is InChI=1S/C20H18N2/c1-20(2)13-22-19(16-8-4-5-9-17(16)20)15-11-14-7-3-6-10-18(14)21-12-15/h3-12H,13H2,1-2H3. The molecule has 3 aromatic rings. The molecule has 0 radical (unpaired) electrons. The minimum atomic E-state index is 0.0877. The molecule has 0 saturated carbocycles. The normalized spacial score (nSPS) is 16.2. The van der Waals surface area contributed by atoms with Gasteiger partial charge in [0.05, 0.1) is 11.2 Å². The van der Waals surface area contributed by atoms with Crippen molar-refractivity contribution in [2.45, 2.75) is 19.3 Å². The smallest absolute Gasteiger partial charge is 0.0737 e. The largest absolute Gasteiger partial charge is 0.283 e. The van der Waals surface area contributed by atoms with Crippen molar-refractivity contribution in [1.82, 2.24) is 4.98 Å². The zero-order chi connectivity index (χ0) is 15.2. The Labute approximate surface area is 130 Å². The second-order valence-electron chi connectivity index (χ2n) is 6.51. The summed E-state index contributed by atoms with van der Waals surface area (Å²) in [7, 11) is 0. The second-order valence-corrected chi connectivity index (χ2v) is 6.51. The van der Waals surface area contributed by atoms with Gasteiger partial charge in [-0.2, -0.15) is 0 Å². The molecule has 22 heavy (non-hydrogen) atoms. The lowest BCUT2D eigenvalue weighted by molar-refractivity contribution is 0.532. The fourth-order valence-corrected chi connectivity index (χ4v) is 3.17. The highest BCUT2D eigenvalue weighted by Crippen LogP contribution is 2.33. The highest BCUT2D eigenvalue weighted by Gasteiger charge is 2.29. The Kier molecular flexibility index (Phi) is 2.86. The lowest BCUT2D eigenvalue weighted by Crippen LogP contribution is -2.29. The van der Waals surface area contributed by atoms with E-state index in [1.165, 1.54) is 11.1 Å². The summed E-state index contributed by atoms with van der Waals surface area (Å²) in [4.78, 5) is 9.46. The first-order chi connectivity index (χ1) is 10.6. The Balaban J connectivity index is 1.90. The lowest BCUT2D eigenvalue weighted by Gasteiger charge is -2.31. The number of rotatable bonds is 1. The number of aliphatic imine (C=N–C) groups is 1. The monoisotopic (exact) mass is 286 g/mol. The third-order valence-electron chi connectivity index (χ3n) is 4.41. The van der Waals surface area contributed by atoms with Crippen molar-refractivity contribution in [1.29, 1.82) is 0 Å². The number of pyridine rings is 1. The van der Waals surface area contributed by atoms with E-state index in [4.69, 9.17) is 4.99 Å². The minimum Gasteiger partial charge on any atom is -0.283 e. The van der Waals surface area contributed by atoms with Crippen LogP contribution in [0.4, 0.5) is 0 Å². The number of benzene rings is 2. The second kappa shape index (κ2) is 4.77. The van der Waals surface area contributed by atoms with Crippen LogP contribution in [-0.4, -0.2) is 17.2 Å². The highest BCUT2D eigenvalue weighted by atomic mass is 14.8. The van der Waals surface area contributed by atoms with Gasteiger partial charge in [0.15, 0.2) is 0 Å². The minimum absolute atomic E-state index is 0.0877. The molecule has 1 aliphatic heterocycles. The molecule has 0 atom stereocenters. The summed E-state index contributed by atoms with van der Waals surface area (Å²) in [6.07, 6.45) is 1.94. The Hall–Kier alpha value is -2.48. The molecule has 4 rings (SSSR count). The maximum atomic E-state index is 4.88. The van der Waals surface area contributed by atoms with Gasteiger partial charge in [-0.05, 0) is 17.7 Å². The van der Waals surface area contributed by atoms with E-state index in [1.807, 2.05) is 24.4 Å². The fraction of sp³-hybridized carbons (Fsp3) is 0.200. The van der Waals surface area contributed by atoms with Crippen LogP contribution in [0.5, 0.6) is 0 Å². The number of hydrogen-bond acceptors (Lipinski definition) is 2. The Morgan fingerprint density at radius 3 is 2.64 bits per heavy atom. The molecular formula is C20H18N2. The Bertz CT molecular complexity index is 891. The van der Waals surface area contributed by atoms with Crippen LogP contribution >= 0.6 is 0 Å². The fourth-order valence-electron chi connectivity index (χ4n) is 3.17. The van der Waals surface area contributed by atoms with Gasteiger partial charge in [0.25, 0.3) is 0 Å². The van der Waals surface area contributed by atoms with Gasteiger partial charge in [-0.15, -0.1) is 0 Å².